The molecule has 0 aliphatic rings. The third-order valence-corrected chi connectivity index (χ3v) is 11.5. The second-order valence-corrected chi connectivity index (χ2v) is 14.8. The van der Waals surface area contributed by atoms with Crippen LogP contribution in [0.2, 0.25) is 0 Å². The molecule has 12 rings (SSSR count). The summed E-state index contributed by atoms with van der Waals surface area (Å²) < 4.78 is 19.1. The summed E-state index contributed by atoms with van der Waals surface area (Å²) in [6.45, 7) is 0. The van der Waals surface area contributed by atoms with Gasteiger partial charge in [0.15, 0.2) is 0 Å². The highest BCUT2D eigenvalue weighted by Gasteiger charge is 2.18. The van der Waals surface area contributed by atoms with E-state index in [1.807, 2.05) is 36.4 Å². The number of rotatable bonds is 6. The Labute approximate surface area is 333 Å². The maximum atomic E-state index is 6.41. The van der Waals surface area contributed by atoms with Gasteiger partial charge >= 0.3 is 0 Å². The van der Waals surface area contributed by atoms with Gasteiger partial charge in [0.1, 0.15) is 33.5 Å². The van der Waals surface area contributed by atoms with Gasteiger partial charge in [0, 0.05) is 60.5 Å². The third-order valence-electron chi connectivity index (χ3n) is 11.5. The number of para-hydroxylation sites is 5. The van der Waals surface area contributed by atoms with Crippen LogP contribution in [0, 0.1) is 0 Å². The smallest absolute Gasteiger partial charge is 0.143 e. The Kier molecular flexibility index (Phi) is 7.20. The van der Waals surface area contributed by atoms with Crippen molar-refractivity contribution in [1.82, 2.24) is 0 Å². The zero-order valence-electron chi connectivity index (χ0n) is 31.2. The summed E-state index contributed by atoms with van der Waals surface area (Å²) in [5.74, 6) is 0. The van der Waals surface area contributed by atoms with E-state index < -0.39 is 0 Å². The van der Waals surface area contributed by atoms with Crippen molar-refractivity contribution in [3.05, 3.63) is 200 Å². The maximum Gasteiger partial charge on any atom is 0.143 e. The lowest BCUT2D eigenvalue weighted by Gasteiger charge is -2.26. The molecule has 0 aliphatic heterocycles. The number of nitrogens with zero attached hydrogens (tertiary/aromatic N) is 1. The minimum Gasteiger partial charge on any atom is -0.456 e. The van der Waals surface area contributed by atoms with E-state index in [0.717, 1.165) is 116 Å². The third kappa shape index (κ3) is 5.16. The van der Waals surface area contributed by atoms with Crippen molar-refractivity contribution in [2.45, 2.75) is 0 Å². The average molecular weight is 744 g/mol. The minimum absolute atomic E-state index is 0.890. The summed E-state index contributed by atoms with van der Waals surface area (Å²) in [5, 5.41) is 6.76. The predicted octanol–water partition coefficient (Wildman–Crippen LogP) is 15.9. The summed E-state index contributed by atoms with van der Waals surface area (Å²) in [7, 11) is 0. The lowest BCUT2D eigenvalue weighted by atomic mass is 10.0. The van der Waals surface area contributed by atoms with Crippen LogP contribution in [0.5, 0.6) is 0 Å². The molecule has 0 radical (unpaired) electrons. The molecule has 0 spiro atoms. The van der Waals surface area contributed by atoms with Gasteiger partial charge in [-0.1, -0.05) is 133 Å². The highest BCUT2D eigenvalue weighted by molar-refractivity contribution is 6.11. The van der Waals surface area contributed by atoms with Crippen molar-refractivity contribution in [1.29, 1.82) is 0 Å². The van der Waals surface area contributed by atoms with Gasteiger partial charge in [0.25, 0.3) is 0 Å². The molecule has 0 saturated carbocycles. The lowest BCUT2D eigenvalue weighted by molar-refractivity contribution is 0.669. The topological polar surface area (TPSA) is 42.7 Å². The first-order valence-corrected chi connectivity index (χ1v) is 19.6. The highest BCUT2D eigenvalue weighted by atomic mass is 16.3. The van der Waals surface area contributed by atoms with E-state index in [4.69, 9.17) is 13.3 Å². The number of anilines is 3. The van der Waals surface area contributed by atoms with E-state index in [9.17, 15) is 0 Å². The summed E-state index contributed by atoms with van der Waals surface area (Å²) >= 11 is 0. The molecule has 0 atom stereocenters. The molecular formula is C54H33NO3. The molecule has 12 aromatic rings. The first-order valence-electron chi connectivity index (χ1n) is 19.6. The first-order chi connectivity index (χ1) is 28.7. The van der Waals surface area contributed by atoms with Crippen LogP contribution < -0.4 is 4.90 Å². The number of fused-ring (bicyclic) bond motifs is 9. The zero-order valence-corrected chi connectivity index (χ0v) is 31.2. The van der Waals surface area contributed by atoms with E-state index in [-0.39, 0.29) is 0 Å². The standard InChI is InChI=1S/C54H33NO3/c1-4-16-49-43(9-1)46-32-25-37(33-52(46)56-49)34-19-26-38(27-20-34)55(39-28-21-35(22-29-39)41-12-7-14-47-44-10-2-5-17-50(44)57-53(41)47)40-30-23-36(24-31-40)42-13-8-15-48-45-11-3-6-18-51(45)58-54(42)48/h1-33H. The molecule has 4 heteroatoms. The van der Waals surface area contributed by atoms with Gasteiger partial charge in [-0.25, -0.2) is 0 Å². The number of hydrogen-bond acceptors (Lipinski definition) is 4. The molecule has 3 heterocycles. The van der Waals surface area contributed by atoms with Gasteiger partial charge in [0.2, 0.25) is 0 Å². The molecule has 0 fully saturated rings. The molecule has 0 N–H and O–H groups in total. The molecule has 272 valence electrons. The van der Waals surface area contributed by atoms with Crippen LogP contribution in [-0.4, -0.2) is 0 Å². The average Bonchev–Trinajstić information content (AvgIpc) is 3.98. The first kappa shape index (κ1) is 32.4. The fourth-order valence-electron chi connectivity index (χ4n) is 8.68. The van der Waals surface area contributed by atoms with Crippen LogP contribution in [0.15, 0.2) is 213 Å². The van der Waals surface area contributed by atoms with E-state index in [2.05, 4.69) is 169 Å². The van der Waals surface area contributed by atoms with Crippen molar-refractivity contribution in [2.75, 3.05) is 4.90 Å². The van der Waals surface area contributed by atoms with Gasteiger partial charge in [-0.3, -0.25) is 0 Å². The van der Waals surface area contributed by atoms with Gasteiger partial charge in [-0.05, 0) is 89.0 Å². The van der Waals surface area contributed by atoms with Crippen molar-refractivity contribution < 1.29 is 13.3 Å². The van der Waals surface area contributed by atoms with Crippen LogP contribution in [0.4, 0.5) is 17.1 Å². The van der Waals surface area contributed by atoms with Crippen LogP contribution in [0.3, 0.4) is 0 Å². The van der Waals surface area contributed by atoms with E-state index in [1.165, 1.54) is 0 Å². The van der Waals surface area contributed by atoms with Crippen molar-refractivity contribution >= 4 is 82.9 Å². The quantitative estimate of drug-likeness (QED) is 0.170. The van der Waals surface area contributed by atoms with Crippen LogP contribution in [0.1, 0.15) is 0 Å². The molecule has 3 aromatic heterocycles. The molecule has 58 heavy (non-hydrogen) atoms. The van der Waals surface area contributed by atoms with Crippen molar-refractivity contribution in [2.24, 2.45) is 0 Å². The molecule has 0 saturated heterocycles. The maximum absolute atomic E-state index is 6.41. The second kappa shape index (κ2) is 12.9. The Bertz CT molecular complexity index is 3340. The molecule has 0 aliphatic carbocycles. The Hall–Kier alpha value is -7.82. The van der Waals surface area contributed by atoms with Gasteiger partial charge in [-0.2, -0.15) is 0 Å². The molecule has 0 amide bonds. The molecule has 0 unspecified atom stereocenters. The van der Waals surface area contributed by atoms with E-state index in [1.54, 1.807) is 0 Å². The fourth-order valence-corrected chi connectivity index (χ4v) is 8.68. The van der Waals surface area contributed by atoms with Crippen LogP contribution in [0.25, 0.3) is 99.2 Å². The lowest BCUT2D eigenvalue weighted by Crippen LogP contribution is -2.09. The van der Waals surface area contributed by atoms with Crippen LogP contribution >= 0.6 is 0 Å². The zero-order chi connectivity index (χ0) is 38.2. The van der Waals surface area contributed by atoms with Gasteiger partial charge in [-0.15, -0.1) is 0 Å². The number of furan rings is 3. The number of benzene rings is 9. The molecule has 4 nitrogen and oxygen atoms in total. The van der Waals surface area contributed by atoms with Crippen molar-refractivity contribution in [3.8, 4) is 33.4 Å². The summed E-state index contributed by atoms with van der Waals surface area (Å²) in [4.78, 5) is 2.31. The largest absolute Gasteiger partial charge is 0.456 e. The summed E-state index contributed by atoms with van der Waals surface area (Å²) in [6.07, 6.45) is 0. The minimum atomic E-state index is 0.890. The highest BCUT2D eigenvalue weighted by Crippen LogP contribution is 2.42. The Balaban J connectivity index is 0.942. The Morgan fingerprint density at radius 2 is 0.638 bits per heavy atom. The molecular weight excluding hydrogens is 711 g/mol. The van der Waals surface area contributed by atoms with Gasteiger partial charge < -0.3 is 18.2 Å². The van der Waals surface area contributed by atoms with Crippen LogP contribution in [-0.2, 0) is 0 Å². The molecule has 0 bridgehead atoms. The predicted molar refractivity (Wildman–Crippen MR) is 239 cm³/mol. The Morgan fingerprint density at radius 3 is 1.14 bits per heavy atom. The Morgan fingerprint density at radius 1 is 0.259 bits per heavy atom. The van der Waals surface area contributed by atoms with Gasteiger partial charge in [0.05, 0.1) is 0 Å². The monoisotopic (exact) mass is 743 g/mol. The fraction of sp³-hybridized carbons (Fsp3) is 0. The SMILES string of the molecule is c1ccc2c(c1)oc1cc(-c3ccc(N(c4ccc(-c5cccc6c5oc5ccccc56)cc4)c4ccc(-c5cccc6c5oc5ccccc56)cc4)cc3)ccc12. The number of hydrogen-bond donors (Lipinski definition) is 0. The normalized spacial score (nSPS) is 11.8. The van der Waals surface area contributed by atoms with E-state index in [0.29, 0.717) is 0 Å². The second-order valence-electron chi connectivity index (χ2n) is 14.8. The van der Waals surface area contributed by atoms with E-state index >= 15 is 0 Å². The summed E-state index contributed by atoms with van der Waals surface area (Å²) in [5.41, 5.74) is 15.1. The molecule has 9 aromatic carbocycles. The summed E-state index contributed by atoms with van der Waals surface area (Å²) in [6, 6.07) is 70.3. The van der Waals surface area contributed by atoms with Crippen molar-refractivity contribution in [3.63, 3.8) is 0 Å².